The number of anilines is 1. The number of amides is 4. The van der Waals surface area contributed by atoms with Crippen LogP contribution in [0.4, 0.5) is 10.5 Å². The average Bonchev–Trinajstić information content (AvgIpc) is 3.30. The Morgan fingerprint density at radius 2 is 1.89 bits per heavy atom. The number of rotatable bonds is 8. The summed E-state index contributed by atoms with van der Waals surface area (Å²) < 4.78 is 0. The standard InChI is InChI=1S/C20H28N4O3/c1-22(16-8-3-2-4-9-16)13-7-12-21-18(25)14-24-19(26)15-23(20(24)27)17-10-5-6-11-17/h2-4,8-9,17H,5-7,10-15H2,1H3,(H,21,25). The highest BCUT2D eigenvalue weighted by Gasteiger charge is 2.41. The van der Waals surface area contributed by atoms with Crippen molar-refractivity contribution in [2.45, 2.75) is 38.1 Å². The number of hydrogen-bond donors (Lipinski definition) is 1. The molecular weight excluding hydrogens is 344 g/mol. The maximum absolute atomic E-state index is 12.5. The van der Waals surface area contributed by atoms with Gasteiger partial charge in [-0.3, -0.25) is 14.5 Å². The van der Waals surface area contributed by atoms with E-state index in [4.69, 9.17) is 0 Å². The molecule has 146 valence electrons. The van der Waals surface area contributed by atoms with E-state index in [-0.39, 0.29) is 37.0 Å². The predicted octanol–water partition coefficient (Wildman–Crippen LogP) is 1.84. The Labute approximate surface area is 160 Å². The minimum absolute atomic E-state index is 0.110. The number of benzene rings is 1. The summed E-state index contributed by atoms with van der Waals surface area (Å²) in [5.41, 5.74) is 1.13. The quantitative estimate of drug-likeness (QED) is 0.558. The van der Waals surface area contributed by atoms with Crippen molar-refractivity contribution in [1.29, 1.82) is 0 Å². The minimum Gasteiger partial charge on any atom is -0.375 e. The van der Waals surface area contributed by atoms with Gasteiger partial charge in [-0.2, -0.15) is 0 Å². The van der Waals surface area contributed by atoms with E-state index in [0.29, 0.717) is 6.54 Å². The van der Waals surface area contributed by atoms with Crippen molar-refractivity contribution in [3.8, 4) is 0 Å². The molecule has 1 N–H and O–H groups in total. The second kappa shape index (κ2) is 8.88. The second-order valence-corrected chi connectivity index (χ2v) is 7.29. The summed E-state index contributed by atoms with van der Waals surface area (Å²) in [7, 11) is 2.01. The molecule has 27 heavy (non-hydrogen) atoms. The summed E-state index contributed by atoms with van der Waals surface area (Å²) in [6.07, 6.45) is 4.89. The Kier molecular flexibility index (Phi) is 6.32. The van der Waals surface area contributed by atoms with Crippen LogP contribution in [0, 0.1) is 0 Å². The highest BCUT2D eigenvalue weighted by atomic mass is 16.2. The van der Waals surface area contributed by atoms with Crippen LogP contribution in [0.15, 0.2) is 30.3 Å². The van der Waals surface area contributed by atoms with Crippen LogP contribution in [0.5, 0.6) is 0 Å². The van der Waals surface area contributed by atoms with Crippen LogP contribution in [-0.2, 0) is 9.59 Å². The van der Waals surface area contributed by atoms with Crippen LogP contribution in [0.3, 0.4) is 0 Å². The number of nitrogens with one attached hydrogen (secondary N) is 1. The Morgan fingerprint density at radius 3 is 2.59 bits per heavy atom. The summed E-state index contributed by atoms with van der Waals surface area (Å²) in [5, 5.41) is 2.81. The molecule has 1 saturated heterocycles. The van der Waals surface area contributed by atoms with Crippen molar-refractivity contribution in [1.82, 2.24) is 15.1 Å². The normalized spacial score (nSPS) is 17.7. The highest BCUT2D eigenvalue weighted by molar-refractivity contribution is 6.04. The molecule has 1 aromatic rings. The zero-order chi connectivity index (χ0) is 19.2. The lowest BCUT2D eigenvalue weighted by Gasteiger charge is -2.22. The van der Waals surface area contributed by atoms with Crippen molar-refractivity contribution < 1.29 is 14.4 Å². The third kappa shape index (κ3) is 4.78. The van der Waals surface area contributed by atoms with Gasteiger partial charge in [-0.15, -0.1) is 0 Å². The van der Waals surface area contributed by atoms with E-state index in [1.807, 2.05) is 37.4 Å². The van der Waals surface area contributed by atoms with Gasteiger partial charge in [-0.25, -0.2) is 4.79 Å². The fourth-order valence-corrected chi connectivity index (χ4v) is 3.77. The van der Waals surface area contributed by atoms with Crippen molar-refractivity contribution in [3.05, 3.63) is 30.3 Å². The number of nitrogens with zero attached hydrogens (tertiary/aromatic N) is 3. The van der Waals surface area contributed by atoms with E-state index < -0.39 is 0 Å². The first-order valence-electron chi connectivity index (χ1n) is 9.70. The van der Waals surface area contributed by atoms with Crippen LogP contribution < -0.4 is 10.2 Å². The minimum atomic E-state index is -0.314. The largest absolute Gasteiger partial charge is 0.375 e. The summed E-state index contributed by atoms with van der Waals surface area (Å²) in [6, 6.07) is 9.89. The molecule has 0 aromatic heterocycles. The zero-order valence-electron chi connectivity index (χ0n) is 15.9. The fraction of sp³-hybridized carbons (Fsp3) is 0.550. The lowest BCUT2D eigenvalue weighted by molar-refractivity contribution is -0.130. The van der Waals surface area contributed by atoms with Gasteiger partial charge in [0.05, 0.1) is 0 Å². The molecule has 7 heteroatoms. The van der Waals surface area contributed by atoms with Crippen LogP contribution in [0.2, 0.25) is 0 Å². The Balaban J connectivity index is 1.39. The Morgan fingerprint density at radius 1 is 1.19 bits per heavy atom. The smallest absolute Gasteiger partial charge is 0.327 e. The zero-order valence-corrected chi connectivity index (χ0v) is 15.9. The molecule has 0 spiro atoms. The Hall–Kier alpha value is -2.57. The van der Waals surface area contributed by atoms with E-state index in [0.717, 1.165) is 49.2 Å². The number of hydrogen-bond acceptors (Lipinski definition) is 4. The van der Waals surface area contributed by atoms with Gasteiger partial charge < -0.3 is 15.1 Å². The highest BCUT2D eigenvalue weighted by Crippen LogP contribution is 2.26. The molecule has 7 nitrogen and oxygen atoms in total. The average molecular weight is 372 g/mol. The van der Waals surface area contributed by atoms with Crippen LogP contribution >= 0.6 is 0 Å². The summed E-state index contributed by atoms with van der Waals surface area (Å²) in [4.78, 5) is 41.6. The summed E-state index contributed by atoms with van der Waals surface area (Å²) >= 11 is 0. The molecule has 0 atom stereocenters. The molecular formula is C20H28N4O3. The molecule has 4 amide bonds. The van der Waals surface area contributed by atoms with Crippen molar-refractivity contribution in [3.63, 3.8) is 0 Å². The second-order valence-electron chi connectivity index (χ2n) is 7.29. The number of urea groups is 1. The first-order chi connectivity index (χ1) is 13.1. The molecule has 2 fully saturated rings. The van der Waals surface area contributed by atoms with Gasteiger partial charge in [0.1, 0.15) is 13.1 Å². The van der Waals surface area contributed by atoms with E-state index in [9.17, 15) is 14.4 Å². The van der Waals surface area contributed by atoms with Gasteiger partial charge >= 0.3 is 6.03 Å². The third-order valence-corrected chi connectivity index (χ3v) is 5.34. The first kappa shape index (κ1) is 19.2. The lowest BCUT2D eigenvalue weighted by atomic mass is 10.2. The molecule has 0 unspecified atom stereocenters. The van der Waals surface area contributed by atoms with E-state index >= 15 is 0 Å². The molecule has 1 saturated carbocycles. The number of carbonyl (C=O) groups excluding carboxylic acids is 3. The van der Waals surface area contributed by atoms with E-state index in [1.165, 1.54) is 0 Å². The third-order valence-electron chi connectivity index (χ3n) is 5.34. The van der Waals surface area contributed by atoms with Gasteiger partial charge in [-0.05, 0) is 31.4 Å². The number of para-hydroxylation sites is 1. The van der Waals surface area contributed by atoms with Crippen LogP contribution in [0.1, 0.15) is 32.1 Å². The topological polar surface area (TPSA) is 73.0 Å². The molecule has 1 aliphatic carbocycles. The van der Waals surface area contributed by atoms with Crippen molar-refractivity contribution in [2.24, 2.45) is 0 Å². The van der Waals surface area contributed by atoms with Gasteiger partial charge in [0.15, 0.2) is 0 Å². The summed E-state index contributed by atoms with van der Waals surface area (Å²) in [6.45, 7) is 1.24. The monoisotopic (exact) mass is 372 g/mol. The fourth-order valence-electron chi connectivity index (χ4n) is 3.77. The van der Waals surface area contributed by atoms with Crippen LogP contribution in [-0.4, -0.2) is 66.9 Å². The summed E-state index contributed by atoms with van der Waals surface area (Å²) in [5.74, 6) is -0.557. The SMILES string of the molecule is CN(CCCNC(=O)CN1C(=O)CN(C2CCCC2)C1=O)c1ccccc1. The van der Waals surface area contributed by atoms with Crippen molar-refractivity contribution >= 4 is 23.5 Å². The van der Waals surface area contributed by atoms with E-state index in [2.05, 4.69) is 10.2 Å². The molecule has 0 radical (unpaired) electrons. The molecule has 1 heterocycles. The first-order valence-corrected chi connectivity index (χ1v) is 9.70. The van der Waals surface area contributed by atoms with Gasteiger partial charge in [0, 0.05) is 31.9 Å². The maximum Gasteiger partial charge on any atom is 0.327 e. The Bertz CT molecular complexity index is 673. The molecule has 3 rings (SSSR count). The van der Waals surface area contributed by atoms with Crippen molar-refractivity contribution in [2.75, 3.05) is 38.1 Å². The van der Waals surface area contributed by atoms with Gasteiger partial charge in [0.25, 0.3) is 5.91 Å². The van der Waals surface area contributed by atoms with Gasteiger partial charge in [-0.1, -0.05) is 31.0 Å². The molecule has 1 aliphatic heterocycles. The predicted molar refractivity (Wildman–Crippen MR) is 103 cm³/mol. The van der Waals surface area contributed by atoms with Gasteiger partial charge in [0.2, 0.25) is 5.91 Å². The van der Waals surface area contributed by atoms with E-state index in [1.54, 1.807) is 4.90 Å². The molecule has 2 aliphatic rings. The number of carbonyl (C=O) groups is 3. The number of imide groups is 1. The molecule has 1 aromatic carbocycles. The maximum atomic E-state index is 12.5. The van der Waals surface area contributed by atoms with Crippen LogP contribution in [0.25, 0.3) is 0 Å². The molecule has 0 bridgehead atoms. The lowest BCUT2D eigenvalue weighted by Crippen LogP contribution is -2.43.